The molecule has 8 heteroatoms. The molecule has 0 aromatic heterocycles. The normalized spacial score (nSPS) is 12.9. The number of aliphatic imine (C=N–C) groups is 1. The molecule has 26 heavy (non-hydrogen) atoms. The molecule has 0 saturated carbocycles. The van der Waals surface area contributed by atoms with Crippen LogP contribution in [0.1, 0.15) is 11.1 Å². The van der Waals surface area contributed by atoms with E-state index >= 15 is 0 Å². The number of nitro benzene ring substituents is 1. The SMILES string of the molecule is N#C/C(=C\c1cc(O)c(O)c([N+](=O)[O-])c1)C(=O)C1=Nc2ccccc2C1. The minimum Gasteiger partial charge on any atom is -0.504 e. The summed E-state index contributed by atoms with van der Waals surface area (Å²) in [7, 11) is 0. The largest absolute Gasteiger partial charge is 0.504 e. The summed E-state index contributed by atoms with van der Waals surface area (Å²) < 4.78 is 0. The lowest BCUT2D eigenvalue weighted by atomic mass is 10.0. The Bertz CT molecular complexity index is 1050. The minimum atomic E-state index is -0.882. The molecule has 0 radical (unpaired) electrons. The summed E-state index contributed by atoms with van der Waals surface area (Å²) in [6.07, 6.45) is 1.40. The van der Waals surface area contributed by atoms with Crippen LogP contribution in [-0.2, 0) is 11.2 Å². The topological polar surface area (TPSA) is 137 Å². The van der Waals surface area contributed by atoms with Crippen LogP contribution in [0.4, 0.5) is 11.4 Å². The Morgan fingerprint density at radius 2 is 2.04 bits per heavy atom. The number of carbonyl (C=O) groups is 1. The van der Waals surface area contributed by atoms with Gasteiger partial charge < -0.3 is 10.2 Å². The number of aromatic hydroxyl groups is 2. The van der Waals surface area contributed by atoms with E-state index < -0.39 is 27.9 Å². The van der Waals surface area contributed by atoms with Crippen LogP contribution in [0.2, 0.25) is 0 Å². The Balaban J connectivity index is 1.97. The zero-order chi connectivity index (χ0) is 18.8. The van der Waals surface area contributed by atoms with Crippen molar-refractivity contribution in [1.82, 2.24) is 0 Å². The molecule has 0 fully saturated rings. The predicted octanol–water partition coefficient (Wildman–Crippen LogP) is 2.81. The summed E-state index contributed by atoms with van der Waals surface area (Å²) in [5.74, 6) is -2.20. The van der Waals surface area contributed by atoms with E-state index in [9.17, 15) is 30.4 Å². The van der Waals surface area contributed by atoms with Crippen molar-refractivity contribution in [1.29, 1.82) is 5.26 Å². The van der Waals surface area contributed by atoms with Gasteiger partial charge in [-0.05, 0) is 29.3 Å². The van der Waals surface area contributed by atoms with Crippen LogP contribution in [-0.4, -0.2) is 26.6 Å². The highest BCUT2D eigenvalue weighted by atomic mass is 16.6. The van der Waals surface area contributed by atoms with Crippen LogP contribution < -0.4 is 0 Å². The third kappa shape index (κ3) is 3.01. The van der Waals surface area contributed by atoms with E-state index in [1.165, 1.54) is 0 Å². The van der Waals surface area contributed by atoms with Crippen LogP contribution in [0.3, 0.4) is 0 Å². The molecule has 0 amide bonds. The zero-order valence-corrected chi connectivity index (χ0v) is 13.2. The van der Waals surface area contributed by atoms with E-state index in [4.69, 9.17) is 0 Å². The number of Topliss-reactive ketones (excluding diaryl/α,β-unsaturated/α-hetero) is 1. The number of fused-ring (bicyclic) bond motifs is 1. The first kappa shape index (κ1) is 16.9. The molecule has 2 aromatic carbocycles. The summed E-state index contributed by atoms with van der Waals surface area (Å²) in [6.45, 7) is 0. The monoisotopic (exact) mass is 349 g/mol. The van der Waals surface area contributed by atoms with Gasteiger partial charge in [-0.1, -0.05) is 18.2 Å². The van der Waals surface area contributed by atoms with Gasteiger partial charge in [0.1, 0.15) is 11.6 Å². The predicted molar refractivity (Wildman–Crippen MR) is 92.3 cm³/mol. The Hall–Kier alpha value is -3.99. The fraction of sp³-hybridized carbons (Fsp3) is 0.0556. The minimum absolute atomic E-state index is 0.0352. The van der Waals surface area contributed by atoms with Crippen molar-refractivity contribution in [2.75, 3.05) is 0 Å². The van der Waals surface area contributed by atoms with E-state index in [0.717, 1.165) is 23.8 Å². The molecule has 1 aliphatic heterocycles. The highest BCUT2D eigenvalue weighted by Gasteiger charge is 2.24. The van der Waals surface area contributed by atoms with Gasteiger partial charge in [-0.3, -0.25) is 14.9 Å². The van der Waals surface area contributed by atoms with Gasteiger partial charge in [-0.15, -0.1) is 0 Å². The van der Waals surface area contributed by atoms with Gasteiger partial charge in [0.15, 0.2) is 5.75 Å². The van der Waals surface area contributed by atoms with Crippen LogP contribution >= 0.6 is 0 Å². The van der Waals surface area contributed by atoms with E-state index in [1.807, 2.05) is 12.1 Å². The number of ketones is 1. The number of para-hydroxylation sites is 1. The van der Waals surface area contributed by atoms with Crippen LogP contribution in [0, 0.1) is 21.4 Å². The summed E-state index contributed by atoms with van der Waals surface area (Å²) in [5.41, 5.74) is 0.740. The van der Waals surface area contributed by atoms with Crippen molar-refractivity contribution >= 4 is 28.9 Å². The first-order valence-electron chi connectivity index (χ1n) is 7.43. The van der Waals surface area contributed by atoms with E-state index in [-0.39, 0.29) is 23.3 Å². The molecular formula is C18H11N3O5. The second kappa shape index (κ2) is 6.49. The first-order valence-corrected chi connectivity index (χ1v) is 7.43. The number of phenols is 2. The summed E-state index contributed by atoms with van der Waals surface area (Å²) in [5, 5.41) is 39.3. The highest BCUT2D eigenvalue weighted by Crippen LogP contribution is 2.36. The molecule has 3 rings (SSSR count). The van der Waals surface area contributed by atoms with Gasteiger partial charge in [0.25, 0.3) is 0 Å². The summed E-state index contributed by atoms with van der Waals surface area (Å²) in [4.78, 5) is 26.8. The molecule has 2 aromatic rings. The lowest BCUT2D eigenvalue weighted by molar-refractivity contribution is -0.386. The molecule has 2 N–H and O–H groups in total. The summed E-state index contributed by atoms with van der Waals surface area (Å²) >= 11 is 0. The molecule has 8 nitrogen and oxygen atoms in total. The van der Waals surface area contributed by atoms with Gasteiger partial charge >= 0.3 is 5.69 Å². The number of nitrogens with zero attached hydrogens (tertiary/aromatic N) is 3. The lowest BCUT2D eigenvalue weighted by Crippen LogP contribution is -2.15. The molecule has 0 unspecified atom stereocenters. The van der Waals surface area contributed by atoms with Gasteiger partial charge in [0.05, 0.1) is 16.3 Å². The Kier molecular flexibility index (Phi) is 4.21. The average molecular weight is 349 g/mol. The van der Waals surface area contributed by atoms with Crippen LogP contribution in [0.5, 0.6) is 11.5 Å². The number of benzene rings is 2. The van der Waals surface area contributed by atoms with Gasteiger partial charge in [-0.25, -0.2) is 4.99 Å². The van der Waals surface area contributed by atoms with Crippen molar-refractivity contribution in [3.8, 4) is 17.6 Å². The number of hydrogen-bond acceptors (Lipinski definition) is 7. The first-order chi connectivity index (χ1) is 12.4. The second-order valence-electron chi connectivity index (χ2n) is 5.53. The molecule has 0 aliphatic carbocycles. The van der Waals surface area contributed by atoms with Gasteiger partial charge in [-0.2, -0.15) is 5.26 Å². The van der Waals surface area contributed by atoms with Crippen LogP contribution in [0.15, 0.2) is 47.0 Å². The quantitative estimate of drug-likeness (QED) is 0.286. The number of hydrogen-bond donors (Lipinski definition) is 2. The molecule has 0 atom stereocenters. The molecule has 1 aliphatic rings. The van der Waals surface area contributed by atoms with Gasteiger partial charge in [0.2, 0.25) is 11.5 Å². The average Bonchev–Trinajstić information content (AvgIpc) is 3.05. The van der Waals surface area contributed by atoms with Gasteiger partial charge in [0, 0.05) is 12.5 Å². The number of phenolic OH excluding ortho intramolecular Hbond substituents is 2. The molecule has 0 bridgehead atoms. The molecule has 0 saturated heterocycles. The van der Waals surface area contributed by atoms with Crippen molar-refractivity contribution in [2.45, 2.75) is 6.42 Å². The molecular weight excluding hydrogens is 338 g/mol. The third-order valence-corrected chi connectivity index (χ3v) is 3.83. The Morgan fingerprint density at radius 1 is 1.31 bits per heavy atom. The van der Waals surface area contributed by atoms with E-state index in [0.29, 0.717) is 5.69 Å². The molecule has 0 spiro atoms. The number of nitro groups is 1. The highest BCUT2D eigenvalue weighted by molar-refractivity contribution is 6.49. The van der Waals surface area contributed by atoms with Crippen LogP contribution in [0.25, 0.3) is 6.08 Å². The summed E-state index contributed by atoms with van der Waals surface area (Å²) in [6, 6.07) is 10.9. The van der Waals surface area contributed by atoms with Crippen molar-refractivity contribution in [3.63, 3.8) is 0 Å². The smallest absolute Gasteiger partial charge is 0.315 e. The maximum Gasteiger partial charge on any atom is 0.315 e. The Labute approximate surface area is 147 Å². The molecule has 128 valence electrons. The molecule has 1 heterocycles. The number of allylic oxidation sites excluding steroid dienone is 1. The number of nitriles is 1. The number of rotatable bonds is 4. The van der Waals surface area contributed by atoms with E-state index in [2.05, 4.69) is 4.99 Å². The Morgan fingerprint density at radius 3 is 2.69 bits per heavy atom. The maximum absolute atomic E-state index is 12.6. The van der Waals surface area contributed by atoms with E-state index in [1.54, 1.807) is 18.2 Å². The zero-order valence-electron chi connectivity index (χ0n) is 13.2. The lowest BCUT2D eigenvalue weighted by Gasteiger charge is -2.03. The third-order valence-electron chi connectivity index (χ3n) is 3.83. The fourth-order valence-electron chi connectivity index (χ4n) is 2.58. The fourth-order valence-corrected chi connectivity index (χ4v) is 2.58. The van der Waals surface area contributed by atoms with Crippen molar-refractivity contribution in [2.24, 2.45) is 4.99 Å². The second-order valence-corrected chi connectivity index (χ2v) is 5.53. The van der Waals surface area contributed by atoms with Crippen molar-refractivity contribution in [3.05, 3.63) is 63.2 Å². The van der Waals surface area contributed by atoms with Crippen molar-refractivity contribution < 1.29 is 19.9 Å². The maximum atomic E-state index is 12.6. The number of carbonyl (C=O) groups excluding carboxylic acids is 1. The standard InChI is InChI=1S/C18H11N3O5/c19-9-12(5-10-6-15(21(25)26)18(24)16(22)7-10)17(23)14-8-11-3-1-2-4-13(11)20-14/h1-7,22,24H,8H2/b12-5+.